The summed E-state index contributed by atoms with van der Waals surface area (Å²) in [5, 5.41) is 0. The van der Waals surface area contributed by atoms with Gasteiger partial charge in [0.2, 0.25) is 0 Å². The molecule has 2 rings (SSSR count). The fourth-order valence-corrected chi connectivity index (χ4v) is 3.25. The summed E-state index contributed by atoms with van der Waals surface area (Å²) in [7, 11) is 0. The van der Waals surface area contributed by atoms with Crippen molar-refractivity contribution >= 4 is 0 Å². The molecular formula is C15H29NO. The molecule has 0 aromatic rings. The monoisotopic (exact) mass is 239 g/mol. The zero-order chi connectivity index (χ0) is 12.1. The average Bonchev–Trinajstić information content (AvgIpc) is 3.20. The average molecular weight is 239 g/mol. The molecule has 1 atom stereocenters. The van der Waals surface area contributed by atoms with Crippen molar-refractivity contribution in [1.82, 2.24) is 0 Å². The fraction of sp³-hybridized carbons (Fsp3) is 1.00. The summed E-state index contributed by atoms with van der Waals surface area (Å²) in [6, 6.07) is 0. The normalized spacial score (nSPS) is 25.8. The lowest BCUT2D eigenvalue weighted by Crippen LogP contribution is -2.29. The van der Waals surface area contributed by atoms with Gasteiger partial charge in [0, 0.05) is 13.2 Å². The van der Waals surface area contributed by atoms with E-state index in [1.165, 1.54) is 51.4 Å². The summed E-state index contributed by atoms with van der Waals surface area (Å²) < 4.78 is 5.40. The van der Waals surface area contributed by atoms with E-state index in [1.807, 2.05) is 0 Å². The van der Waals surface area contributed by atoms with E-state index in [1.54, 1.807) is 0 Å². The first-order chi connectivity index (χ1) is 8.24. The maximum atomic E-state index is 5.96. The molecule has 1 aliphatic heterocycles. The van der Waals surface area contributed by atoms with Crippen LogP contribution in [0, 0.1) is 17.3 Å². The van der Waals surface area contributed by atoms with E-state index in [-0.39, 0.29) is 0 Å². The van der Waals surface area contributed by atoms with E-state index in [0.29, 0.717) is 5.41 Å². The standard InChI is InChI=1S/C15H29NO/c1-15(12-16,14-5-6-14)9-3-2-4-13-7-10-17-11-8-13/h13-14H,2-12,16H2,1H3. The first-order valence-corrected chi connectivity index (χ1v) is 7.52. The van der Waals surface area contributed by atoms with Gasteiger partial charge in [0.15, 0.2) is 0 Å². The Morgan fingerprint density at radius 3 is 2.41 bits per heavy atom. The van der Waals surface area contributed by atoms with Crippen LogP contribution in [0.3, 0.4) is 0 Å². The highest BCUT2D eigenvalue weighted by Gasteiger charge is 2.39. The first kappa shape index (κ1) is 13.4. The summed E-state index contributed by atoms with van der Waals surface area (Å²) in [4.78, 5) is 0. The third-order valence-electron chi connectivity index (χ3n) is 4.98. The van der Waals surface area contributed by atoms with Gasteiger partial charge < -0.3 is 10.5 Å². The van der Waals surface area contributed by atoms with Crippen LogP contribution in [0.4, 0.5) is 0 Å². The molecule has 2 aliphatic rings. The molecule has 2 heteroatoms. The maximum Gasteiger partial charge on any atom is 0.0468 e. The van der Waals surface area contributed by atoms with Crippen LogP contribution in [0.5, 0.6) is 0 Å². The Morgan fingerprint density at radius 2 is 1.82 bits per heavy atom. The molecule has 1 heterocycles. The van der Waals surface area contributed by atoms with Gasteiger partial charge in [0.1, 0.15) is 0 Å². The SMILES string of the molecule is CC(CN)(CCCCC1CCOCC1)C1CC1. The Bertz CT molecular complexity index is 221. The predicted octanol–water partition coefficient (Wildman–Crippen LogP) is 3.35. The molecule has 0 amide bonds. The largest absolute Gasteiger partial charge is 0.381 e. The van der Waals surface area contributed by atoms with Crippen LogP contribution in [0.25, 0.3) is 0 Å². The van der Waals surface area contributed by atoms with E-state index < -0.39 is 0 Å². The lowest BCUT2D eigenvalue weighted by atomic mass is 9.79. The van der Waals surface area contributed by atoms with Gasteiger partial charge in [0.05, 0.1) is 0 Å². The number of ether oxygens (including phenoxy) is 1. The van der Waals surface area contributed by atoms with E-state index in [4.69, 9.17) is 10.5 Å². The van der Waals surface area contributed by atoms with E-state index in [2.05, 4.69) is 6.92 Å². The Kier molecular flexibility index (Phi) is 4.87. The van der Waals surface area contributed by atoms with Gasteiger partial charge in [-0.2, -0.15) is 0 Å². The Hall–Kier alpha value is -0.0800. The maximum absolute atomic E-state index is 5.96. The van der Waals surface area contributed by atoms with Gasteiger partial charge >= 0.3 is 0 Å². The van der Waals surface area contributed by atoms with Crippen molar-refractivity contribution in [3.8, 4) is 0 Å². The van der Waals surface area contributed by atoms with Gasteiger partial charge in [-0.25, -0.2) is 0 Å². The van der Waals surface area contributed by atoms with Crippen LogP contribution in [0.1, 0.15) is 58.3 Å². The molecule has 0 aromatic carbocycles. The third kappa shape index (κ3) is 3.96. The lowest BCUT2D eigenvalue weighted by Gasteiger charge is -2.28. The number of hydrogen-bond donors (Lipinski definition) is 1. The van der Waals surface area contributed by atoms with Crippen LogP contribution >= 0.6 is 0 Å². The molecule has 0 radical (unpaired) electrons. The highest BCUT2D eigenvalue weighted by atomic mass is 16.5. The lowest BCUT2D eigenvalue weighted by molar-refractivity contribution is 0.0627. The highest BCUT2D eigenvalue weighted by Crippen LogP contribution is 2.47. The minimum absolute atomic E-state index is 0.454. The van der Waals surface area contributed by atoms with Crippen molar-refractivity contribution in [2.45, 2.75) is 58.3 Å². The third-order valence-corrected chi connectivity index (χ3v) is 4.98. The molecule has 1 unspecified atom stereocenters. The molecule has 0 aromatic heterocycles. The highest BCUT2D eigenvalue weighted by molar-refractivity contribution is 4.91. The summed E-state index contributed by atoms with van der Waals surface area (Å²) in [5.41, 5.74) is 6.41. The second-order valence-electron chi connectivity index (χ2n) is 6.43. The molecule has 17 heavy (non-hydrogen) atoms. The molecule has 1 saturated carbocycles. The van der Waals surface area contributed by atoms with Crippen LogP contribution in [0.15, 0.2) is 0 Å². The van der Waals surface area contributed by atoms with Gasteiger partial charge in [-0.05, 0) is 55.9 Å². The van der Waals surface area contributed by atoms with Crippen molar-refractivity contribution in [2.24, 2.45) is 23.0 Å². The first-order valence-electron chi connectivity index (χ1n) is 7.52. The van der Waals surface area contributed by atoms with E-state index in [0.717, 1.165) is 31.6 Å². The molecule has 2 N–H and O–H groups in total. The van der Waals surface area contributed by atoms with Crippen molar-refractivity contribution in [1.29, 1.82) is 0 Å². The molecular weight excluding hydrogens is 210 g/mol. The van der Waals surface area contributed by atoms with Crippen LogP contribution in [-0.2, 0) is 4.74 Å². The van der Waals surface area contributed by atoms with Crippen molar-refractivity contribution in [3.05, 3.63) is 0 Å². The van der Waals surface area contributed by atoms with Gasteiger partial charge in [-0.1, -0.05) is 26.2 Å². The number of unbranched alkanes of at least 4 members (excludes halogenated alkanes) is 1. The van der Waals surface area contributed by atoms with E-state index in [9.17, 15) is 0 Å². The molecule has 100 valence electrons. The molecule has 1 saturated heterocycles. The predicted molar refractivity (Wildman–Crippen MR) is 71.9 cm³/mol. The van der Waals surface area contributed by atoms with Gasteiger partial charge in [0.25, 0.3) is 0 Å². The van der Waals surface area contributed by atoms with Gasteiger partial charge in [-0.15, -0.1) is 0 Å². The van der Waals surface area contributed by atoms with E-state index >= 15 is 0 Å². The minimum atomic E-state index is 0.454. The molecule has 0 spiro atoms. The Morgan fingerprint density at radius 1 is 1.12 bits per heavy atom. The number of nitrogens with two attached hydrogens (primary N) is 1. The Balaban J connectivity index is 1.58. The quantitative estimate of drug-likeness (QED) is 0.691. The zero-order valence-electron chi connectivity index (χ0n) is 11.4. The van der Waals surface area contributed by atoms with Crippen molar-refractivity contribution < 1.29 is 4.74 Å². The van der Waals surface area contributed by atoms with Crippen molar-refractivity contribution in [3.63, 3.8) is 0 Å². The van der Waals surface area contributed by atoms with Crippen LogP contribution in [-0.4, -0.2) is 19.8 Å². The summed E-state index contributed by atoms with van der Waals surface area (Å²) in [6.45, 7) is 5.27. The molecule has 2 fully saturated rings. The molecule has 2 nitrogen and oxygen atoms in total. The Labute approximate surface area is 106 Å². The number of rotatable bonds is 7. The number of hydrogen-bond acceptors (Lipinski definition) is 2. The summed E-state index contributed by atoms with van der Waals surface area (Å²) in [5.74, 6) is 1.88. The summed E-state index contributed by atoms with van der Waals surface area (Å²) in [6.07, 6.45) is 11.0. The fourth-order valence-electron chi connectivity index (χ4n) is 3.25. The van der Waals surface area contributed by atoms with Crippen molar-refractivity contribution in [2.75, 3.05) is 19.8 Å². The topological polar surface area (TPSA) is 35.2 Å². The van der Waals surface area contributed by atoms with Crippen LogP contribution < -0.4 is 5.73 Å². The van der Waals surface area contributed by atoms with Crippen LogP contribution in [0.2, 0.25) is 0 Å². The second kappa shape index (κ2) is 6.19. The molecule has 1 aliphatic carbocycles. The summed E-state index contributed by atoms with van der Waals surface area (Å²) >= 11 is 0. The second-order valence-corrected chi connectivity index (χ2v) is 6.43. The zero-order valence-corrected chi connectivity index (χ0v) is 11.4. The molecule has 0 bridgehead atoms. The van der Waals surface area contributed by atoms with Gasteiger partial charge in [-0.3, -0.25) is 0 Å². The minimum Gasteiger partial charge on any atom is -0.381 e. The smallest absolute Gasteiger partial charge is 0.0468 e.